The maximum Gasteiger partial charge on any atom is 0.148 e. The maximum absolute atomic E-state index is 8.93. The Morgan fingerprint density at radius 3 is 3.15 bits per heavy atom. The zero-order chi connectivity index (χ0) is 11.9. The first-order chi connectivity index (χ1) is 6.91. The van der Waals surface area contributed by atoms with Crippen molar-refractivity contribution >= 4 is 40.3 Å². The summed E-state index contributed by atoms with van der Waals surface area (Å²) in [4.78, 5) is 0. The van der Waals surface area contributed by atoms with Gasteiger partial charge in [-0.15, -0.1) is 8.73 Å². The minimum atomic E-state index is -3.02. The van der Waals surface area contributed by atoms with E-state index in [1.807, 2.05) is 0 Å². The Balaban J connectivity index is 3.72. The monoisotopic (exact) mass is 237 g/mol. The van der Waals surface area contributed by atoms with E-state index in [9.17, 15) is 0 Å². The number of aliphatic hydroxyl groups is 1. The van der Waals surface area contributed by atoms with E-state index in [0.29, 0.717) is 6.42 Å². The van der Waals surface area contributed by atoms with E-state index in [-0.39, 0.29) is 19.3 Å². The number of rotatable bonds is 8. The highest BCUT2D eigenvalue weighted by molar-refractivity contribution is 7.77. The van der Waals surface area contributed by atoms with Gasteiger partial charge in [-0.25, -0.2) is 0 Å². The van der Waals surface area contributed by atoms with Gasteiger partial charge >= 0.3 is 0 Å². The van der Waals surface area contributed by atoms with Crippen LogP contribution in [0.2, 0.25) is 0 Å². The average Bonchev–Trinajstić information content (AvgIpc) is 2.15. The summed E-state index contributed by atoms with van der Waals surface area (Å²) in [6, 6.07) is 0. The molecule has 13 heavy (non-hydrogen) atoms. The molecule has 0 aromatic rings. The molecule has 72 valence electrons. The third-order valence-electron chi connectivity index (χ3n) is 1.22. The molecule has 0 aliphatic carbocycles. The first-order valence-corrected chi connectivity index (χ1v) is 8.55. The normalized spacial score (nSPS) is 23.5. The van der Waals surface area contributed by atoms with Crippen LogP contribution in [0.1, 0.15) is 6.42 Å². The minimum absolute atomic E-state index is 0.131. The van der Waals surface area contributed by atoms with Gasteiger partial charge < -0.3 is 14.1 Å². The van der Waals surface area contributed by atoms with Crippen LogP contribution in [0.15, 0.2) is 0 Å². The third-order valence-corrected chi connectivity index (χ3v) is 2.80. The fourth-order valence-corrected chi connectivity index (χ4v) is 2.00. The fraction of sp³-hybridized carbons (Fsp3) is 1.00. The molecule has 0 saturated heterocycles. The molecule has 0 spiro atoms. The van der Waals surface area contributed by atoms with Crippen LogP contribution in [0.4, 0.5) is 0 Å². The van der Waals surface area contributed by atoms with Crippen LogP contribution in [0.25, 0.3) is 0 Å². The van der Waals surface area contributed by atoms with Crippen molar-refractivity contribution in [1.82, 2.24) is 0 Å². The molecule has 0 rings (SSSR count). The second-order valence-electron chi connectivity index (χ2n) is 2.46. The fourth-order valence-electron chi connectivity index (χ4n) is 0.713. The van der Waals surface area contributed by atoms with Crippen LogP contribution >= 0.6 is 16.8 Å². The molecule has 1 N–H and O–H groups in total. The van der Waals surface area contributed by atoms with Crippen LogP contribution in [0.5, 0.6) is 0 Å². The molecular formula is C5H14B2O3P2Si. The molecule has 0 saturated carbocycles. The van der Waals surface area contributed by atoms with Crippen molar-refractivity contribution in [3.8, 4) is 0 Å². The minimum Gasteiger partial charge on any atom is -0.425 e. The van der Waals surface area contributed by atoms with Crippen molar-refractivity contribution in [2.45, 2.75) is 12.5 Å². The Kier molecular flexibility index (Phi) is 6.85. The molecule has 0 fully saturated rings. The van der Waals surface area contributed by atoms with Gasteiger partial charge in [-0.05, 0) is 21.1 Å². The SMILES string of the molecule is [2H][Si]([B])(OCC[C@H](CO)OP([B])C)P[3H]. The van der Waals surface area contributed by atoms with Gasteiger partial charge in [0.1, 0.15) is 16.1 Å². The van der Waals surface area contributed by atoms with Gasteiger partial charge in [-0.1, -0.05) is 0 Å². The van der Waals surface area contributed by atoms with Crippen LogP contribution < -0.4 is 0 Å². The molecule has 0 aromatic heterocycles. The van der Waals surface area contributed by atoms with Gasteiger partial charge in [0.05, 0.1) is 21.4 Å². The van der Waals surface area contributed by atoms with Crippen molar-refractivity contribution < 1.29 is 14.1 Å². The number of hydrogen-bond acceptors (Lipinski definition) is 3. The van der Waals surface area contributed by atoms with Gasteiger partial charge in [0.25, 0.3) is 0 Å². The summed E-state index contributed by atoms with van der Waals surface area (Å²) < 4.78 is 24.7. The van der Waals surface area contributed by atoms with Gasteiger partial charge in [0, 0.05) is 7.84 Å². The summed E-state index contributed by atoms with van der Waals surface area (Å²) in [6.07, 6.45) is 0.0698. The molecule has 0 aromatic carbocycles. The second kappa shape index (κ2) is 8.40. The van der Waals surface area contributed by atoms with Crippen molar-refractivity contribution in [3.05, 3.63) is 0 Å². The van der Waals surface area contributed by atoms with Crippen molar-refractivity contribution in [2.24, 2.45) is 0 Å². The summed E-state index contributed by atoms with van der Waals surface area (Å²) in [5, 5.41) is 8.93. The summed E-state index contributed by atoms with van der Waals surface area (Å²) in [5.41, 5.74) is 0. The number of hydrogen-bond donors (Lipinski definition) is 1. The standard InChI is InChI=1S/C5H14B2O3P2Si/c1-12(6)10-5(4-8)2-3-9-13(7)11/h5,8,13H,2-4,11H2,1H3/t5-,12?,13?/m1/s1/i11T,13D/t5-,11?,12?,13?. The van der Waals surface area contributed by atoms with Gasteiger partial charge in [0.15, 0.2) is 0 Å². The third kappa shape index (κ3) is 9.39. The van der Waals surface area contributed by atoms with Gasteiger partial charge in [-0.2, -0.15) is 0 Å². The number of aliphatic hydroxyl groups excluding tert-OH is 1. The Hall–Kier alpha value is 1.09. The van der Waals surface area contributed by atoms with Crippen LogP contribution in [-0.4, -0.2) is 57.1 Å². The molecule has 4 radical (unpaired) electrons. The topological polar surface area (TPSA) is 38.7 Å². The molecule has 0 bridgehead atoms. The van der Waals surface area contributed by atoms with E-state index < -0.39 is 25.3 Å². The van der Waals surface area contributed by atoms with Crippen LogP contribution in [0.3, 0.4) is 0 Å². The van der Waals surface area contributed by atoms with Crippen LogP contribution in [-0.2, 0) is 8.95 Å². The predicted octanol–water partition coefficient (Wildman–Crippen LogP) is -0.358. The Morgan fingerprint density at radius 2 is 2.69 bits per heavy atom. The Morgan fingerprint density at radius 1 is 2.00 bits per heavy atom. The summed E-state index contributed by atoms with van der Waals surface area (Å²) in [7, 11) is 6.44. The van der Waals surface area contributed by atoms with E-state index in [1.54, 1.807) is 6.66 Å². The molecule has 4 atom stereocenters. The van der Waals surface area contributed by atoms with Crippen molar-refractivity contribution in [2.75, 3.05) is 19.9 Å². The molecule has 3 nitrogen and oxygen atoms in total. The Bertz CT molecular complexity index is 180. The van der Waals surface area contributed by atoms with Crippen LogP contribution in [0, 0.1) is 0 Å². The molecule has 0 aliphatic heterocycles. The highest BCUT2D eigenvalue weighted by Crippen LogP contribution is 2.27. The smallest absolute Gasteiger partial charge is 0.148 e. The predicted molar refractivity (Wildman–Crippen MR) is 63.7 cm³/mol. The van der Waals surface area contributed by atoms with E-state index in [0.717, 1.165) is 0 Å². The first-order valence-electron chi connectivity index (χ1n) is 4.79. The summed E-state index contributed by atoms with van der Waals surface area (Å²) >= 11 is 0. The first kappa shape index (κ1) is 10.6. The zero-order valence-corrected chi connectivity index (χ0v) is 10.5. The lowest BCUT2D eigenvalue weighted by Crippen LogP contribution is -2.20. The maximum atomic E-state index is 8.93. The largest absolute Gasteiger partial charge is 0.425 e. The average molecular weight is 237 g/mol. The van der Waals surface area contributed by atoms with E-state index >= 15 is 0 Å². The molecule has 0 aliphatic rings. The molecule has 0 heterocycles. The Labute approximate surface area is 89.8 Å². The second-order valence-corrected chi connectivity index (χ2v) is 6.26. The lowest BCUT2D eigenvalue weighted by Gasteiger charge is -2.19. The van der Waals surface area contributed by atoms with Gasteiger partial charge in [0.2, 0.25) is 0 Å². The lowest BCUT2D eigenvalue weighted by atomic mass is 10.3. The quantitative estimate of drug-likeness (QED) is 0.462. The van der Waals surface area contributed by atoms with E-state index in [2.05, 4.69) is 0 Å². The van der Waals surface area contributed by atoms with Crippen molar-refractivity contribution in [1.29, 1.82) is 2.51 Å². The highest BCUT2D eigenvalue weighted by atomic mass is 31.3. The summed E-state index contributed by atoms with van der Waals surface area (Å²) in [5.74, 6) is 0. The molecule has 8 heteroatoms. The van der Waals surface area contributed by atoms with Gasteiger partial charge in [-0.3, -0.25) is 0 Å². The molecule has 3 unspecified atom stereocenters. The summed E-state index contributed by atoms with van der Waals surface area (Å²) in [6.45, 7) is 1.83. The molecule has 0 amide bonds. The van der Waals surface area contributed by atoms with Crippen molar-refractivity contribution in [3.63, 3.8) is 0 Å². The zero-order valence-electron chi connectivity index (χ0n) is 9.56. The molecular weight excluding hydrogens is 220 g/mol. The highest BCUT2D eigenvalue weighted by Gasteiger charge is 2.09. The lowest BCUT2D eigenvalue weighted by molar-refractivity contribution is 0.108. The van der Waals surface area contributed by atoms with E-state index in [4.69, 9.17) is 31.6 Å². The van der Waals surface area contributed by atoms with E-state index in [1.165, 1.54) is 0 Å².